The van der Waals surface area contributed by atoms with Crippen LogP contribution >= 0.6 is 0 Å². The van der Waals surface area contributed by atoms with Crippen LogP contribution in [0.25, 0.3) is 6.08 Å². The third-order valence-corrected chi connectivity index (χ3v) is 3.63. The van der Waals surface area contributed by atoms with Gasteiger partial charge in [-0.1, -0.05) is 24.3 Å². The van der Waals surface area contributed by atoms with Crippen LogP contribution in [-0.2, 0) is 16.0 Å². The lowest BCUT2D eigenvalue weighted by atomic mass is 10.1. The van der Waals surface area contributed by atoms with Crippen LogP contribution in [0.15, 0.2) is 48.5 Å². The van der Waals surface area contributed by atoms with Crippen LogP contribution in [0.3, 0.4) is 0 Å². The highest BCUT2D eigenvalue weighted by molar-refractivity contribution is 5.87. The smallest absolute Gasteiger partial charge is 0.330 e. The van der Waals surface area contributed by atoms with E-state index < -0.39 is 5.97 Å². The fourth-order valence-corrected chi connectivity index (χ4v) is 2.31. The number of carbonyl (C=O) groups excluding carboxylic acids is 1. The fraction of sp³-hybridized carbons (Fsp3) is 0.250. The molecule has 0 radical (unpaired) electrons. The summed E-state index contributed by atoms with van der Waals surface area (Å²) >= 11 is 0. The zero-order valence-electron chi connectivity index (χ0n) is 14.7. The first-order valence-electron chi connectivity index (χ1n) is 7.86. The molecular weight excluding hydrogens is 320 g/mol. The first-order valence-corrected chi connectivity index (χ1v) is 7.86. The number of rotatable bonds is 8. The Balaban J connectivity index is 1.88. The topological polar surface area (TPSA) is 54.0 Å². The van der Waals surface area contributed by atoms with Crippen molar-refractivity contribution in [3.8, 4) is 17.2 Å². The number of para-hydroxylation sites is 1. The summed E-state index contributed by atoms with van der Waals surface area (Å²) in [7, 11) is 4.75. The Bertz CT molecular complexity index is 719. The fourth-order valence-electron chi connectivity index (χ4n) is 2.31. The van der Waals surface area contributed by atoms with Crippen molar-refractivity contribution in [1.29, 1.82) is 0 Å². The van der Waals surface area contributed by atoms with E-state index in [1.54, 1.807) is 33.5 Å². The number of hydrogen-bond acceptors (Lipinski definition) is 5. The Morgan fingerprint density at radius 3 is 2.36 bits per heavy atom. The van der Waals surface area contributed by atoms with Crippen LogP contribution in [0.1, 0.15) is 11.1 Å². The predicted molar refractivity (Wildman–Crippen MR) is 96.2 cm³/mol. The summed E-state index contributed by atoms with van der Waals surface area (Å²) in [6.07, 6.45) is 3.68. The lowest BCUT2D eigenvalue weighted by Crippen LogP contribution is -2.04. The molecule has 0 aliphatic rings. The lowest BCUT2D eigenvalue weighted by Gasteiger charge is -2.09. The van der Waals surface area contributed by atoms with Crippen molar-refractivity contribution < 1.29 is 23.7 Å². The average molecular weight is 342 g/mol. The number of benzene rings is 2. The summed E-state index contributed by atoms with van der Waals surface area (Å²) in [6.45, 7) is 0.310. The zero-order valence-corrected chi connectivity index (χ0v) is 14.7. The Kier molecular flexibility index (Phi) is 6.89. The van der Waals surface area contributed by atoms with Gasteiger partial charge in [0.25, 0.3) is 0 Å². The Morgan fingerprint density at radius 1 is 0.960 bits per heavy atom. The molecule has 0 aliphatic heterocycles. The molecule has 132 valence electrons. The predicted octanol–water partition coefficient (Wildman–Crippen LogP) is 3.51. The number of methoxy groups -OCH3 is 3. The number of esters is 1. The van der Waals surface area contributed by atoms with E-state index in [9.17, 15) is 4.79 Å². The van der Waals surface area contributed by atoms with Gasteiger partial charge in [0.05, 0.1) is 27.9 Å². The summed E-state index contributed by atoms with van der Waals surface area (Å²) in [5.74, 6) is 1.58. The molecule has 0 heterocycles. The molecule has 2 aromatic rings. The number of carbonyl (C=O) groups is 1. The molecular formula is C20H22O5. The van der Waals surface area contributed by atoms with Gasteiger partial charge < -0.3 is 18.9 Å². The lowest BCUT2D eigenvalue weighted by molar-refractivity contribution is -0.137. The van der Waals surface area contributed by atoms with Crippen molar-refractivity contribution >= 4 is 12.0 Å². The van der Waals surface area contributed by atoms with Crippen molar-refractivity contribution in [3.63, 3.8) is 0 Å². The molecule has 5 nitrogen and oxygen atoms in total. The molecule has 0 atom stereocenters. The second-order valence-corrected chi connectivity index (χ2v) is 5.18. The molecule has 0 bridgehead atoms. The minimum atomic E-state index is -0.404. The van der Waals surface area contributed by atoms with E-state index in [1.807, 2.05) is 36.4 Å². The molecule has 0 aromatic heterocycles. The Labute approximate surface area is 147 Å². The second-order valence-electron chi connectivity index (χ2n) is 5.18. The maximum absolute atomic E-state index is 11.9. The van der Waals surface area contributed by atoms with Crippen LogP contribution in [-0.4, -0.2) is 33.9 Å². The van der Waals surface area contributed by atoms with Gasteiger partial charge in [0.15, 0.2) is 11.5 Å². The van der Waals surface area contributed by atoms with E-state index >= 15 is 0 Å². The first-order chi connectivity index (χ1) is 12.2. The molecule has 0 spiro atoms. The van der Waals surface area contributed by atoms with E-state index in [1.165, 1.54) is 6.08 Å². The van der Waals surface area contributed by atoms with Gasteiger partial charge in [-0.3, -0.25) is 0 Å². The van der Waals surface area contributed by atoms with Gasteiger partial charge in [-0.15, -0.1) is 0 Å². The third kappa shape index (κ3) is 5.28. The van der Waals surface area contributed by atoms with E-state index in [-0.39, 0.29) is 0 Å². The van der Waals surface area contributed by atoms with Crippen molar-refractivity contribution in [2.75, 3.05) is 27.9 Å². The third-order valence-electron chi connectivity index (χ3n) is 3.63. The minimum Gasteiger partial charge on any atom is -0.497 e. The standard InChI is InChI=1S/C20H22O5/c1-22-17-10-7-15(8-11-17)13-14-25-19(21)12-9-16-5-4-6-18(23-2)20(16)24-3/h4-12H,13-14H2,1-3H3/b12-9+. The van der Waals surface area contributed by atoms with Crippen LogP contribution < -0.4 is 14.2 Å². The molecule has 0 N–H and O–H groups in total. The maximum Gasteiger partial charge on any atom is 0.330 e. The van der Waals surface area contributed by atoms with Gasteiger partial charge in [0.2, 0.25) is 0 Å². The van der Waals surface area contributed by atoms with E-state index in [0.717, 1.165) is 16.9 Å². The second kappa shape index (κ2) is 9.37. The quantitative estimate of drug-likeness (QED) is 0.543. The zero-order chi connectivity index (χ0) is 18.1. The highest BCUT2D eigenvalue weighted by atomic mass is 16.5. The summed E-state index contributed by atoms with van der Waals surface area (Å²) < 4.78 is 20.9. The van der Waals surface area contributed by atoms with Gasteiger partial charge in [0, 0.05) is 18.1 Å². The highest BCUT2D eigenvalue weighted by Crippen LogP contribution is 2.31. The molecule has 5 heteroatoms. The van der Waals surface area contributed by atoms with Crippen molar-refractivity contribution in [3.05, 3.63) is 59.7 Å². The summed E-state index contributed by atoms with van der Waals surface area (Å²) in [4.78, 5) is 11.9. The Morgan fingerprint density at radius 2 is 1.72 bits per heavy atom. The van der Waals surface area contributed by atoms with E-state index in [4.69, 9.17) is 18.9 Å². The number of ether oxygens (including phenoxy) is 4. The minimum absolute atomic E-state index is 0.310. The molecule has 0 saturated carbocycles. The van der Waals surface area contributed by atoms with Crippen LogP contribution in [0.5, 0.6) is 17.2 Å². The van der Waals surface area contributed by atoms with Crippen LogP contribution in [0.4, 0.5) is 0 Å². The average Bonchev–Trinajstić information content (AvgIpc) is 2.66. The van der Waals surface area contributed by atoms with Gasteiger partial charge >= 0.3 is 5.97 Å². The van der Waals surface area contributed by atoms with Gasteiger partial charge in [-0.2, -0.15) is 0 Å². The van der Waals surface area contributed by atoms with Crippen molar-refractivity contribution in [2.24, 2.45) is 0 Å². The van der Waals surface area contributed by atoms with Crippen LogP contribution in [0, 0.1) is 0 Å². The molecule has 0 unspecified atom stereocenters. The van der Waals surface area contributed by atoms with Crippen molar-refractivity contribution in [2.45, 2.75) is 6.42 Å². The number of hydrogen-bond donors (Lipinski definition) is 0. The maximum atomic E-state index is 11.9. The summed E-state index contributed by atoms with van der Waals surface area (Å²) in [6, 6.07) is 13.1. The first kappa shape index (κ1) is 18.4. The molecule has 25 heavy (non-hydrogen) atoms. The van der Waals surface area contributed by atoms with Gasteiger partial charge in [-0.25, -0.2) is 4.79 Å². The van der Waals surface area contributed by atoms with E-state index in [2.05, 4.69) is 0 Å². The summed E-state index contributed by atoms with van der Waals surface area (Å²) in [5, 5.41) is 0. The van der Waals surface area contributed by atoms with Gasteiger partial charge in [-0.05, 0) is 29.8 Å². The largest absolute Gasteiger partial charge is 0.497 e. The molecule has 0 fully saturated rings. The van der Waals surface area contributed by atoms with E-state index in [0.29, 0.717) is 24.5 Å². The summed E-state index contributed by atoms with van der Waals surface area (Å²) in [5.41, 5.74) is 1.82. The van der Waals surface area contributed by atoms with Crippen molar-refractivity contribution in [1.82, 2.24) is 0 Å². The molecule has 2 rings (SSSR count). The Hall–Kier alpha value is -2.95. The molecule has 0 amide bonds. The highest BCUT2D eigenvalue weighted by Gasteiger charge is 2.07. The normalized spacial score (nSPS) is 10.5. The van der Waals surface area contributed by atoms with Gasteiger partial charge in [0.1, 0.15) is 5.75 Å². The molecule has 0 saturated heterocycles. The molecule has 0 aliphatic carbocycles. The SMILES string of the molecule is COc1ccc(CCOC(=O)/C=C/c2cccc(OC)c2OC)cc1. The van der Waals surface area contributed by atoms with Crippen LogP contribution in [0.2, 0.25) is 0 Å². The molecule has 2 aromatic carbocycles. The monoisotopic (exact) mass is 342 g/mol.